The van der Waals surface area contributed by atoms with Gasteiger partial charge < -0.3 is 39.6 Å². The van der Waals surface area contributed by atoms with Crippen LogP contribution in [0.2, 0.25) is 0 Å². The molecule has 3 heterocycles. The molecule has 1 aliphatic heterocycles. The number of benzene rings is 1. The molecule has 16 nitrogen and oxygen atoms in total. The van der Waals surface area contributed by atoms with Gasteiger partial charge in [0.15, 0.2) is 5.13 Å². The Morgan fingerprint density at radius 3 is 2.41 bits per heavy atom. The number of likely N-dealkylation sites (tertiary alicyclic amines) is 1. The average molecular weight is 821 g/mol. The van der Waals surface area contributed by atoms with E-state index in [1.807, 2.05) is 0 Å². The van der Waals surface area contributed by atoms with E-state index in [4.69, 9.17) is 23.9 Å². The van der Waals surface area contributed by atoms with Crippen LogP contribution in [0.25, 0.3) is 22.3 Å². The number of anilines is 1. The number of thiazole rings is 1. The van der Waals surface area contributed by atoms with E-state index in [2.05, 4.69) is 27.5 Å². The third kappa shape index (κ3) is 9.46. The smallest absolute Gasteiger partial charge is 0.413 e. The van der Waals surface area contributed by atoms with Gasteiger partial charge in [0.05, 0.1) is 31.0 Å². The number of aliphatic carboxylic acids is 1. The van der Waals surface area contributed by atoms with Gasteiger partial charge in [-0.15, -0.1) is 17.9 Å². The Kier molecular flexibility index (Phi) is 12.5. The minimum Gasteiger partial charge on any atom is -0.497 e. The average Bonchev–Trinajstić information content (AvgIpc) is 3.44. The number of fused-ring (bicyclic) bond motifs is 1. The Hall–Kier alpha value is -5.45. The number of nitrogens with zero attached hydrogens (tertiary/aromatic N) is 3. The van der Waals surface area contributed by atoms with Crippen LogP contribution in [0, 0.1) is 11.3 Å². The van der Waals surface area contributed by atoms with Gasteiger partial charge in [0, 0.05) is 35.2 Å². The molecule has 17 heteroatoms. The number of hydrogen-bond donors (Lipinski definition) is 4. The van der Waals surface area contributed by atoms with E-state index in [0.29, 0.717) is 38.9 Å². The number of hydrogen-bond acceptors (Lipinski definition) is 12. The summed E-state index contributed by atoms with van der Waals surface area (Å²) in [6.45, 7) is 12.6. The van der Waals surface area contributed by atoms with E-state index in [9.17, 15) is 29.1 Å². The predicted molar refractivity (Wildman–Crippen MR) is 216 cm³/mol. The molecule has 2 aromatic heterocycles. The van der Waals surface area contributed by atoms with Crippen molar-refractivity contribution in [3.05, 3.63) is 42.3 Å². The van der Waals surface area contributed by atoms with Crippen molar-refractivity contribution in [1.29, 1.82) is 0 Å². The van der Waals surface area contributed by atoms with Gasteiger partial charge in [-0.2, -0.15) is 0 Å². The summed E-state index contributed by atoms with van der Waals surface area (Å²) in [6.07, 6.45) is 3.46. The zero-order chi connectivity index (χ0) is 41.9. The normalized spacial score (nSPS) is 22.5. The lowest BCUT2D eigenvalue weighted by molar-refractivity contribution is -0.146. The quantitative estimate of drug-likeness (QED) is 0.140. The maximum Gasteiger partial charge on any atom is 0.413 e. The summed E-state index contributed by atoms with van der Waals surface area (Å²) in [5.74, 6) is -1.96. The topological polar surface area (TPSA) is 208 Å². The molecule has 1 unspecified atom stereocenters. The van der Waals surface area contributed by atoms with Crippen molar-refractivity contribution in [3.8, 4) is 22.9 Å². The van der Waals surface area contributed by atoms with Gasteiger partial charge in [0.2, 0.25) is 11.8 Å². The lowest BCUT2D eigenvalue weighted by atomic mass is 9.85. The van der Waals surface area contributed by atoms with Crippen molar-refractivity contribution in [2.45, 2.75) is 115 Å². The van der Waals surface area contributed by atoms with Crippen molar-refractivity contribution in [3.63, 3.8) is 0 Å². The number of carbonyl (C=O) groups is 5. The molecular weight excluding hydrogens is 769 g/mol. The van der Waals surface area contributed by atoms with Gasteiger partial charge in [-0.05, 0) is 63.5 Å². The number of rotatable bonds is 13. The number of aromatic nitrogens is 2. The number of carboxylic acid groups (broad SMARTS) is 1. The fourth-order valence-electron chi connectivity index (χ4n) is 7.49. The van der Waals surface area contributed by atoms with Gasteiger partial charge in [0.1, 0.15) is 47.0 Å². The van der Waals surface area contributed by atoms with Crippen molar-refractivity contribution in [1.82, 2.24) is 25.5 Å². The van der Waals surface area contributed by atoms with Crippen LogP contribution in [-0.4, -0.2) is 99.5 Å². The van der Waals surface area contributed by atoms with Gasteiger partial charge in [-0.25, -0.2) is 24.4 Å². The molecule has 0 bridgehead atoms. The molecular formula is C41H52N6O10S. The fourth-order valence-corrected chi connectivity index (χ4v) is 8.18. The SMILES string of the molecule is C=C[C@@H]1C[C@]1(NC(=O)[C@@H]1CC(Oc2cc(-c3csc(NC(=O)OC(C)C)n3)nc3cc(OC)ccc23)CN1C(=O)[C@@H](NC(=O)OC1CCCCC1)C(C)(C)C)C(=O)O. The van der Waals surface area contributed by atoms with Crippen molar-refractivity contribution >= 4 is 57.3 Å². The molecule has 1 aromatic carbocycles. The highest BCUT2D eigenvalue weighted by molar-refractivity contribution is 7.14. The van der Waals surface area contributed by atoms with Crippen molar-refractivity contribution < 1.29 is 48.0 Å². The largest absolute Gasteiger partial charge is 0.497 e. The minimum atomic E-state index is -1.54. The predicted octanol–water partition coefficient (Wildman–Crippen LogP) is 6.29. The number of alkyl carbamates (subject to hydrolysis) is 1. The molecule has 58 heavy (non-hydrogen) atoms. The molecule has 1 saturated heterocycles. The Labute approximate surface area is 341 Å². The second-order valence-corrected chi connectivity index (χ2v) is 17.3. The number of carboxylic acids is 1. The first-order valence-corrected chi connectivity index (χ1v) is 20.4. The molecule has 2 saturated carbocycles. The molecule has 312 valence electrons. The number of nitrogens with one attached hydrogen (secondary N) is 3. The van der Waals surface area contributed by atoms with E-state index < -0.39 is 65.0 Å². The summed E-state index contributed by atoms with van der Waals surface area (Å²) in [7, 11) is 1.54. The highest BCUT2D eigenvalue weighted by atomic mass is 32.1. The standard InChI is InChI=1S/C41H52N6O10S/c1-8-23-19-41(23,36(50)51)46-34(48)31-17-26(20-47(31)35(49)33(40(4,5)6)44-38(52)57-24-12-10-9-11-13-24)56-32-18-29(42-28-16-25(54-7)14-15-27(28)32)30-21-58-37(43-30)45-39(53)55-22(2)3/h8,14-16,18,21-24,26,31,33H,1,9-13,17,19-20H2,2-7H3,(H,44,52)(H,46,48)(H,50,51)(H,43,45,53)/t23-,26?,31+,33-,41-/m1/s1. The third-order valence-corrected chi connectivity index (χ3v) is 11.4. The lowest BCUT2D eigenvalue weighted by Gasteiger charge is -2.35. The Balaban J connectivity index is 1.31. The summed E-state index contributed by atoms with van der Waals surface area (Å²) in [5, 5.41) is 20.9. The number of ether oxygens (including phenoxy) is 4. The van der Waals surface area contributed by atoms with Crippen LogP contribution in [0.3, 0.4) is 0 Å². The highest BCUT2D eigenvalue weighted by Gasteiger charge is 2.61. The van der Waals surface area contributed by atoms with Gasteiger partial charge in [0.25, 0.3) is 0 Å². The number of methoxy groups -OCH3 is 1. The van der Waals surface area contributed by atoms with E-state index in [0.717, 1.165) is 32.1 Å². The van der Waals surface area contributed by atoms with Crippen LogP contribution in [0.1, 0.15) is 79.6 Å². The molecule has 6 rings (SSSR count). The highest BCUT2D eigenvalue weighted by Crippen LogP contribution is 2.45. The van der Waals surface area contributed by atoms with Crippen LogP contribution in [0.15, 0.2) is 42.3 Å². The lowest BCUT2D eigenvalue weighted by Crippen LogP contribution is -2.59. The first-order valence-electron chi connectivity index (χ1n) is 19.6. The molecule has 0 spiro atoms. The number of carbonyl (C=O) groups excluding carboxylic acids is 4. The molecule has 2 aliphatic carbocycles. The van der Waals surface area contributed by atoms with Crippen LogP contribution in [-0.2, 0) is 23.9 Å². The van der Waals surface area contributed by atoms with E-state index in [-0.39, 0.29) is 31.6 Å². The molecule has 3 aliphatic rings. The van der Waals surface area contributed by atoms with E-state index in [1.54, 1.807) is 64.3 Å². The van der Waals surface area contributed by atoms with Gasteiger partial charge in [-0.3, -0.25) is 14.9 Å². The summed E-state index contributed by atoms with van der Waals surface area (Å²) in [6, 6.07) is 4.73. The molecule has 4 amide bonds. The Morgan fingerprint density at radius 2 is 1.78 bits per heavy atom. The first-order chi connectivity index (χ1) is 27.5. The monoisotopic (exact) mass is 820 g/mol. The summed E-state index contributed by atoms with van der Waals surface area (Å²) in [4.78, 5) is 77.4. The second-order valence-electron chi connectivity index (χ2n) is 16.4. The van der Waals surface area contributed by atoms with E-state index in [1.165, 1.54) is 29.4 Å². The molecule has 0 radical (unpaired) electrons. The van der Waals surface area contributed by atoms with Crippen LogP contribution in [0.5, 0.6) is 11.5 Å². The molecule has 4 N–H and O–H groups in total. The van der Waals surface area contributed by atoms with Gasteiger partial charge >= 0.3 is 18.2 Å². The summed E-state index contributed by atoms with van der Waals surface area (Å²) >= 11 is 1.19. The molecule has 3 aromatic rings. The van der Waals surface area contributed by atoms with Crippen LogP contribution < -0.4 is 25.4 Å². The molecule has 5 atom stereocenters. The van der Waals surface area contributed by atoms with Crippen molar-refractivity contribution in [2.24, 2.45) is 11.3 Å². The van der Waals surface area contributed by atoms with Crippen LogP contribution in [0.4, 0.5) is 14.7 Å². The van der Waals surface area contributed by atoms with Crippen LogP contribution >= 0.6 is 11.3 Å². The summed E-state index contributed by atoms with van der Waals surface area (Å²) in [5.41, 5.74) is -0.982. The second kappa shape index (κ2) is 17.2. The van der Waals surface area contributed by atoms with Crippen molar-refractivity contribution in [2.75, 3.05) is 19.0 Å². The Morgan fingerprint density at radius 1 is 1.03 bits per heavy atom. The first kappa shape index (κ1) is 42.2. The summed E-state index contributed by atoms with van der Waals surface area (Å²) < 4.78 is 23.0. The molecule has 3 fully saturated rings. The third-order valence-electron chi connectivity index (χ3n) is 10.7. The Bertz CT molecular complexity index is 2060. The van der Waals surface area contributed by atoms with E-state index >= 15 is 0 Å². The fraction of sp³-hybridized carbons (Fsp3) is 0.537. The zero-order valence-electron chi connectivity index (χ0n) is 33.7. The maximum atomic E-state index is 14.6. The zero-order valence-corrected chi connectivity index (χ0v) is 34.5. The number of pyridine rings is 1. The maximum absolute atomic E-state index is 14.6. The van der Waals surface area contributed by atoms with Gasteiger partial charge in [-0.1, -0.05) is 33.3 Å². The number of amides is 4. The minimum absolute atomic E-state index is 0.00739.